The van der Waals surface area contributed by atoms with Crippen molar-refractivity contribution in [1.82, 2.24) is 15.2 Å². The molecular weight excluding hydrogens is 354 g/mol. The number of nitrogens with one attached hydrogen (secondary N) is 1. The van der Waals surface area contributed by atoms with Crippen LogP contribution in [0, 0.1) is 0 Å². The molecule has 0 spiro atoms. The third-order valence-corrected chi connectivity index (χ3v) is 4.70. The summed E-state index contributed by atoms with van der Waals surface area (Å²) < 4.78 is 15.7. The summed E-state index contributed by atoms with van der Waals surface area (Å²) in [5, 5.41) is 7.56. The van der Waals surface area contributed by atoms with Crippen molar-refractivity contribution in [3.8, 4) is 28.6 Å². The third kappa shape index (κ3) is 3.36. The van der Waals surface area contributed by atoms with Crippen LogP contribution in [0.2, 0.25) is 0 Å². The summed E-state index contributed by atoms with van der Waals surface area (Å²) in [4.78, 5) is 16.8. The molecule has 4 rings (SSSR count). The molecule has 26 heavy (non-hydrogen) atoms. The lowest BCUT2D eigenvalue weighted by molar-refractivity contribution is 0.102. The van der Waals surface area contributed by atoms with Crippen molar-refractivity contribution in [2.45, 2.75) is 5.16 Å². The highest BCUT2D eigenvalue weighted by Gasteiger charge is 2.17. The number of aromatic amines is 1. The van der Waals surface area contributed by atoms with Gasteiger partial charge in [-0.3, -0.25) is 9.89 Å². The fraction of sp³-hybridized carbons (Fsp3) is 0.167. The fourth-order valence-corrected chi connectivity index (χ4v) is 3.17. The highest BCUT2D eigenvalue weighted by Crippen LogP contribution is 2.33. The number of carbonyl (C=O) groups is 1. The first-order chi connectivity index (χ1) is 12.7. The molecule has 0 bridgehead atoms. The van der Waals surface area contributed by atoms with Crippen molar-refractivity contribution in [2.75, 3.05) is 19.7 Å². The topological polar surface area (TPSA) is 86.3 Å². The lowest BCUT2D eigenvalue weighted by atomic mass is 10.1. The molecule has 2 aromatic carbocycles. The SMILES string of the molecule is COc1ccc(-c2nc(SCC(=O)c3ccc4c(c3)OCO4)n[nH]2)cc1. The minimum Gasteiger partial charge on any atom is -0.497 e. The van der Waals surface area contributed by atoms with E-state index in [1.165, 1.54) is 11.8 Å². The highest BCUT2D eigenvalue weighted by molar-refractivity contribution is 7.99. The van der Waals surface area contributed by atoms with Crippen LogP contribution in [0.15, 0.2) is 47.6 Å². The van der Waals surface area contributed by atoms with Gasteiger partial charge >= 0.3 is 0 Å². The predicted molar refractivity (Wildman–Crippen MR) is 96.0 cm³/mol. The monoisotopic (exact) mass is 369 g/mol. The number of benzene rings is 2. The molecule has 132 valence electrons. The quantitative estimate of drug-likeness (QED) is 0.527. The Kier molecular flexibility index (Phi) is 4.49. The number of aromatic nitrogens is 3. The van der Waals surface area contributed by atoms with Gasteiger partial charge in [0, 0.05) is 11.1 Å². The summed E-state index contributed by atoms with van der Waals surface area (Å²) in [5.41, 5.74) is 1.47. The number of H-pyrrole nitrogens is 1. The molecule has 2 heterocycles. The van der Waals surface area contributed by atoms with E-state index in [1.54, 1.807) is 25.3 Å². The summed E-state index contributed by atoms with van der Waals surface area (Å²) in [7, 11) is 1.62. The van der Waals surface area contributed by atoms with Crippen LogP contribution in [0.1, 0.15) is 10.4 Å². The summed E-state index contributed by atoms with van der Waals surface area (Å²) in [6.07, 6.45) is 0. The van der Waals surface area contributed by atoms with E-state index in [1.807, 2.05) is 24.3 Å². The minimum atomic E-state index is -0.0240. The molecule has 0 fully saturated rings. The maximum absolute atomic E-state index is 12.4. The molecule has 0 unspecified atom stereocenters. The normalized spacial score (nSPS) is 12.2. The van der Waals surface area contributed by atoms with Gasteiger partial charge in [-0.25, -0.2) is 4.98 Å². The molecule has 8 heteroatoms. The molecule has 1 N–H and O–H groups in total. The number of hydrogen-bond acceptors (Lipinski definition) is 7. The van der Waals surface area contributed by atoms with E-state index in [0.29, 0.717) is 28.0 Å². The van der Waals surface area contributed by atoms with Gasteiger partial charge in [-0.1, -0.05) is 11.8 Å². The molecule has 1 aliphatic heterocycles. The molecule has 0 saturated carbocycles. The zero-order valence-electron chi connectivity index (χ0n) is 13.9. The fourth-order valence-electron chi connectivity index (χ4n) is 2.47. The Bertz CT molecular complexity index is 940. The van der Waals surface area contributed by atoms with Crippen molar-refractivity contribution in [3.05, 3.63) is 48.0 Å². The first-order valence-corrected chi connectivity index (χ1v) is 8.84. The average Bonchev–Trinajstić information content (AvgIpc) is 3.35. The molecule has 1 aliphatic rings. The maximum atomic E-state index is 12.4. The summed E-state index contributed by atoms with van der Waals surface area (Å²) in [6, 6.07) is 12.7. The van der Waals surface area contributed by atoms with Crippen LogP contribution >= 0.6 is 11.8 Å². The van der Waals surface area contributed by atoms with Crippen LogP contribution in [0.3, 0.4) is 0 Å². The first-order valence-electron chi connectivity index (χ1n) is 7.85. The molecule has 7 nitrogen and oxygen atoms in total. The van der Waals surface area contributed by atoms with Gasteiger partial charge in [-0.2, -0.15) is 0 Å². The molecule has 0 radical (unpaired) electrons. The first kappa shape index (κ1) is 16.5. The number of methoxy groups -OCH3 is 1. The van der Waals surface area contributed by atoms with E-state index in [4.69, 9.17) is 14.2 Å². The van der Waals surface area contributed by atoms with Gasteiger partial charge in [0.25, 0.3) is 0 Å². The van der Waals surface area contributed by atoms with Crippen molar-refractivity contribution < 1.29 is 19.0 Å². The van der Waals surface area contributed by atoms with Crippen LogP contribution in [-0.2, 0) is 0 Å². The van der Waals surface area contributed by atoms with Gasteiger partial charge in [-0.15, -0.1) is 5.10 Å². The van der Waals surface area contributed by atoms with E-state index in [2.05, 4.69) is 15.2 Å². The summed E-state index contributed by atoms with van der Waals surface area (Å²) >= 11 is 1.28. The van der Waals surface area contributed by atoms with Crippen molar-refractivity contribution in [2.24, 2.45) is 0 Å². The number of fused-ring (bicyclic) bond motifs is 1. The van der Waals surface area contributed by atoms with Crippen molar-refractivity contribution >= 4 is 17.5 Å². The second-order valence-electron chi connectivity index (χ2n) is 5.47. The van der Waals surface area contributed by atoms with E-state index in [0.717, 1.165) is 11.3 Å². The Hall–Kier alpha value is -3.00. The Morgan fingerprint density at radius 1 is 1.19 bits per heavy atom. The molecule has 1 aromatic heterocycles. The molecule has 0 amide bonds. The standard InChI is InChI=1S/C18H15N3O4S/c1-23-13-5-2-11(3-6-13)17-19-18(21-20-17)26-9-14(22)12-4-7-15-16(8-12)25-10-24-15/h2-8H,9-10H2,1H3,(H,19,20,21). The van der Waals surface area contributed by atoms with E-state index in [9.17, 15) is 4.79 Å². The Labute approximate surface area is 153 Å². The Morgan fingerprint density at radius 3 is 2.81 bits per heavy atom. The van der Waals surface area contributed by atoms with Gasteiger partial charge in [0.2, 0.25) is 11.9 Å². The lowest BCUT2D eigenvalue weighted by Gasteiger charge is -2.01. The summed E-state index contributed by atoms with van der Waals surface area (Å²) in [6.45, 7) is 0.188. The van der Waals surface area contributed by atoms with Crippen LogP contribution in [0.5, 0.6) is 17.2 Å². The maximum Gasteiger partial charge on any atom is 0.231 e. The number of Topliss-reactive ketones (excluding diaryl/α,β-unsaturated/α-hetero) is 1. The molecule has 0 saturated heterocycles. The Morgan fingerprint density at radius 2 is 2.00 bits per heavy atom. The van der Waals surface area contributed by atoms with Crippen LogP contribution in [0.4, 0.5) is 0 Å². The average molecular weight is 369 g/mol. The molecule has 0 atom stereocenters. The van der Waals surface area contributed by atoms with E-state index < -0.39 is 0 Å². The van der Waals surface area contributed by atoms with Crippen molar-refractivity contribution in [1.29, 1.82) is 0 Å². The van der Waals surface area contributed by atoms with Crippen LogP contribution in [0.25, 0.3) is 11.4 Å². The number of ketones is 1. The van der Waals surface area contributed by atoms with Crippen molar-refractivity contribution in [3.63, 3.8) is 0 Å². The van der Waals surface area contributed by atoms with Gasteiger partial charge in [0.05, 0.1) is 12.9 Å². The van der Waals surface area contributed by atoms with Crippen LogP contribution in [-0.4, -0.2) is 40.6 Å². The zero-order chi connectivity index (χ0) is 17.9. The third-order valence-electron chi connectivity index (χ3n) is 3.86. The Balaban J connectivity index is 1.40. The second-order valence-corrected chi connectivity index (χ2v) is 6.42. The second kappa shape index (κ2) is 7.09. The largest absolute Gasteiger partial charge is 0.497 e. The van der Waals surface area contributed by atoms with Gasteiger partial charge in [0.15, 0.2) is 23.1 Å². The number of carbonyl (C=O) groups excluding carboxylic acids is 1. The summed E-state index contributed by atoms with van der Waals surface area (Å²) in [5.74, 6) is 2.89. The van der Waals surface area contributed by atoms with E-state index >= 15 is 0 Å². The highest BCUT2D eigenvalue weighted by atomic mass is 32.2. The van der Waals surface area contributed by atoms with Crippen LogP contribution < -0.4 is 14.2 Å². The number of rotatable bonds is 6. The van der Waals surface area contributed by atoms with Gasteiger partial charge in [0.1, 0.15) is 5.75 Å². The number of nitrogens with zero attached hydrogens (tertiary/aromatic N) is 2. The zero-order valence-corrected chi connectivity index (χ0v) is 14.7. The van der Waals surface area contributed by atoms with E-state index in [-0.39, 0.29) is 18.3 Å². The number of thioether (sulfide) groups is 1. The minimum absolute atomic E-state index is 0.0240. The smallest absolute Gasteiger partial charge is 0.231 e. The van der Waals surface area contributed by atoms with Gasteiger partial charge < -0.3 is 14.2 Å². The molecular formula is C18H15N3O4S. The lowest BCUT2D eigenvalue weighted by Crippen LogP contribution is -2.02. The van der Waals surface area contributed by atoms with Gasteiger partial charge in [-0.05, 0) is 42.5 Å². The molecule has 3 aromatic rings. The number of hydrogen-bond donors (Lipinski definition) is 1. The predicted octanol–water partition coefficient (Wildman–Crippen LogP) is 3.18. The molecule has 0 aliphatic carbocycles. The number of ether oxygens (including phenoxy) is 3.